The van der Waals surface area contributed by atoms with Crippen LogP contribution in [-0.4, -0.2) is 22.7 Å². The Morgan fingerprint density at radius 1 is 1.32 bits per heavy atom. The van der Waals surface area contributed by atoms with Gasteiger partial charge >= 0.3 is 0 Å². The normalized spacial score (nSPS) is 21.1. The van der Waals surface area contributed by atoms with Crippen LogP contribution in [0, 0.1) is 5.92 Å². The lowest BCUT2D eigenvalue weighted by molar-refractivity contribution is -0.122. The van der Waals surface area contributed by atoms with E-state index in [1.54, 1.807) is 18.0 Å². The molecular weight excluding hydrogens is 292 g/mol. The molecule has 3 nitrogen and oxygen atoms in total. The Labute approximate surface area is 135 Å². The number of pyridine rings is 1. The van der Waals surface area contributed by atoms with E-state index in [-0.39, 0.29) is 11.8 Å². The van der Waals surface area contributed by atoms with Crippen molar-refractivity contribution in [2.75, 3.05) is 6.54 Å². The highest BCUT2D eigenvalue weighted by atomic mass is 32.2. The van der Waals surface area contributed by atoms with E-state index in [2.05, 4.69) is 35.4 Å². The summed E-state index contributed by atoms with van der Waals surface area (Å²) in [5.74, 6) is 0.651. The molecule has 0 radical (unpaired) electrons. The maximum Gasteiger partial charge on any atom is 0.223 e. The summed E-state index contributed by atoms with van der Waals surface area (Å²) in [4.78, 5) is 17.6. The van der Waals surface area contributed by atoms with Gasteiger partial charge in [-0.15, -0.1) is 11.8 Å². The van der Waals surface area contributed by atoms with Crippen molar-refractivity contribution >= 4 is 17.7 Å². The van der Waals surface area contributed by atoms with E-state index in [4.69, 9.17) is 0 Å². The quantitative estimate of drug-likeness (QED) is 0.830. The molecule has 3 rings (SSSR count). The van der Waals surface area contributed by atoms with E-state index in [0.29, 0.717) is 17.7 Å². The zero-order chi connectivity index (χ0) is 15.4. The maximum absolute atomic E-state index is 12.2. The SMILES string of the molecule is C[C@H](CNC(=O)[C@H]1C[C@@H]1c1cccnc1)Sc1ccccc1. The van der Waals surface area contributed by atoms with Crippen LogP contribution in [0.1, 0.15) is 24.8 Å². The van der Waals surface area contributed by atoms with Crippen molar-refractivity contribution in [2.24, 2.45) is 5.92 Å². The second kappa shape index (κ2) is 6.97. The van der Waals surface area contributed by atoms with E-state index in [9.17, 15) is 4.79 Å². The van der Waals surface area contributed by atoms with Gasteiger partial charge in [-0.25, -0.2) is 0 Å². The molecule has 114 valence electrons. The summed E-state index contributed by atoms with van der Waals surface area (Å²) in [6, 6.07) is 14.3. The highest BCUT2D eigenvalue weighted by Gasteiger charge is 2.43. The molecule has 1 amide bonds. The van der Waals surface area contributed by atoms with Crippen LogP contribution in [0.15, 0.2) is 59.8 Å². The summed E-state index contributed by atoms with van der Waals surface area (Å²) in [6.07, 6.45) is 4.58. The number of nitrogens with zero attached hydrogens (tertiary/aromatic N) is 1. The van der Waals surface area contributed by atoms with E-state index in [1.165, 1.54) is 10.5 Å². The van der Waals surface area contributed by atoms with Gasteiger partial charge in [0.05, 0.1) is 0 Å². The van der Waals surface area contributed by atoms with Crippen LogP contribution in [0.5, 0.6) is 0 Å². The zero-order valence-electron chi connectivity index (χ0n) is 12.6. The molecule has 1 saturated carbocycles. The van der Waals surface area contributed by atoms with E-state index in [1.807, 2.05) is 30.5 Å². The van der Waals surface area contributed by atoms with Gasteiger partial charge < -0.3 is 5.32 Å². The van der Waals surface area contributed by atoms with Gasteiger partial charge in [-0.1, -0.05) is 31.2 Å². The van der Waals surface area contributed by atoms with Crippen LogP contribution >= 0.6 is 11.8 Å². The fraction of sp³-hybridized carbons (Fsp3) is 0.333. The van der Waals surface area contributed by atoms with Crippen LogP contribution in [0.2, 0.25) is 0 Å². The summed E-state index contributed by atoms with van der Waals surface area (Å²) in [7, 11) is 0. The smallest absolute Gasteiger partial charge is 0.223 e. The monoisotopic (exact) mass is 312 g/mol. The third kappa shape index (κ3) is 3.89. The topological polar surface area (TPSA) is 42.0 Å². The summed E-state index contributed by atoms with van der Waals surface area (Å²) in [5.41, 5.74) is 1.18. The lowest BCUT2D eigenvalue weighted by atomic mass is 10.1. The van der Waals surface area contributed by atoms with E-state index < -0.39 is 0 Å². The summed E-state index contributed by atoms with van der Waals surface area (Å²) in [6.45, 7) is 2.85. The Morgan fingerprint density at radius 2 is 2.14 bits per heavy atom. The van der Waals surface area contributed by atoms with E-state index >= 15 is 0 Å². The number of rotatable bonds is 6. The van der Waals surface area contributed by atoms with Crippen molar-refractivity contribution in [3.05, 3.63) is 60.4 Å². The third-order valence-electron chi connectivity index (χ3n) is 3.88. The number of benzene rings is 1. The first-order valence-electron chi connectivity index (χ1n) is 7.63. The minimum absolute atomic E-state index is 0.123. The van der Waals surface area contributed by atoms with E-state index in [0.717, 1.165) is 6.42 Å². The number of nitrogens with one attached hydrogen (secondary N) is 1. The Hall–Kier alpha value is -1.81. The molecular formula is C18H20N2OS. The predicted molar refractivity (Wildman–Crippen MR) is 89.9 cm³/mol. The Balaban J connectivity index is 1.44. The molecule has 0 saturated heterocycles. The van der Waals surface area contributed by atoms with Gasteiger partial charge in [0.1, 0.15) is 0 Å². The van der Waals surface area contributed by atoms with Crippen molar-refractivity contribution < 1.29 is 4.79 Å². The van der Waals surface area contributed by atoms with Crippen molar-refractivity contribution in [3.63, 3.8) is 0 Å². The molecule has 0 spiro atoms. The third-order valence-corrected chi connectivity index (χ3v) is 5.00. The number of amides is 1. The predicted octanol–water partition coefficient (Wildman–Crippen LogP) is 3.48. The number of thioether (sulfide) groups is 1. The summed E-state index contributed by atoms with van der Waals surface area (Å²) in [5, 5.41) is 3.45. The highest BCUT2D eigenvalue weighted by molar-refractivity contribution is 8.00. The Kier molecular flexibility index (Phi) is 4.78. The van der Waals surface area contributed by atoms with Crippen LogP contribution < -0.4 is 5.32 Å². The minimum atomic E-state index is 0.123. The average molecular weight is 312 g/mol. The van der Waals surface area contributed by atoms with Crippen molar-refractivity contribution in [3.8, 4) is 0 Å². The van der Waals surface area contributed by atoms with Crippen LogP contribution in [0.25, 0.3) is 0 Å². The molecule has 1 fully saturated rings. The second-order valence-electron chi connectivity index (χ2n) is 5.72. The Morgan fingerprint density at radius 3 is 2.86 bits per heavy atom. The standard InChI is InChI=1S/C18H20N2OS/c1-13(22-15-7-3-2-4-8-15)11-20-18(21)17-10-16(17)14-6-5-9-19-12-14/h2-9,12-13,16-17H,10-11H2,1H3,(H,20,21)/t13-,16-,17+/m1/s1. The van der Waals surface area contributed by atoms with Crippen molar-refractivity contribution in [1.82, 2.24) is 10.3 Å². The molecule has 4 heteroatoms. The summed E-state index contributed by atoms with van der Waals surface area (Å²) >= 11 is 1.79. The molecule has 0 unspecified atom stereocenters. The molecule has 1 N–H and O–H groups in total. The Bertz CT molecular complexity index is 617. The van der Waals surface area contributed by atoms with Gasteiger partial charge in [-0.05, 0) is 36.1 Å². The van der Waals surface area contributed by atoms with Crippen LogP contribution in [0.3, 0.4) is 0 Å². The molecule has 2 aromatic rings. The first kappa shape index (κ1) is 15.1. The molecule has 0 bridgehead atoms. The number of aromatic nitrogens is 1. The molecule has 1 heterocycles. The number of carbonyl (C=O) groups is 1. The first-order valence-corrected chi connectivity index (χ1v) is 8.51. The fourth-order valence-corrected chi connectivity index (χ4v) is 3.54. The number of hydrogen-bond acceptors (Lipinski definition) is 3. The van der Waals surface area contributed by atoms with Gasteiger partial charge in [-0.3, -0.25) is 9.78 Å². The summed E-state index contributed by atoms with van der Waals surface area (Å²) < 4.78 is 0. The molecule has 1 aliphatic rings. The largest absolute Gasteiger partial charge is 0.355 e. The van der Waals surface area contributed by atoms with Gasteiger partial charge in [0.25, 0.3) is 0 Å². The zero-order valence-corrected chi connectivity index (χ0v) is 13.4. The molecule has 1 aromatic carbocycles. The first-order chi connectivity index (χ1) is 10.7. The minimum Gasteiger partial charge on any atom is -0.355 e. The van der Waals surface area contributed by atoms with Gasteiger partial charge in [-0.2, -0.15) is 0 Å². The van der Waals surface area contributed by atoms with Crippen LogP contribution in [-0.2, 0) is 4.79 Å². The molecule has 22 heavy (non-hydrogen) atoms. The molecule has 0 aliphatic heterocycles. The van der Waals surface area contributed by atoms with Crippen molar-refractivity contribution in [2.45, 2.75) is 29.4 Å². The highest BCUT2D eigenvalue weighted by Crippen LogP contribution is 2.47. The van der Waals surface area contributed by atoms with Gasteiger partial charge in [0, 0.05) is 35.0 Å². The van der Waals surface area contributed by atoms with Gasteiger partial charge in [0.2, 0.25) is 5.91 Å². The second-order valence-corrected chi connectivity index (χ2v) is 7.23. The van der Waals surface area contributed by atoms with Crippen LogP contribution in [0.4, 0.5) is 0 Å². The molecule has 1 aliphatic carbocycles. The molecule has 1 aromatic heterocycles. The number of carbonyl (C=O) groups excluding carboxylic acids is 1. The maximum atomic E-state index is 12.2. The lowest BCUT2D eigenvalue weighted by Crippen LogP contribution is -2.30. The number of hydrogen-bond donors (Lipinski definition) is 1. The average Bonchev–Trinajstić information content (AvgIpc) is 3.35. The van der Waals surface area contributed by atoms with Crippen molar-refractivity contribution in [1.29, 1.82) is 0 Å². The van der Waals surface area contributed by atoms with Gasteiger partial charge in [0.15, 0.2) is 0 Å². The lowest BCUT2D eigenvalue weighted by Gasteiger charge is -2.12. The molecule has 3 atom stereocenters. The fourth-order valence-electron chi connectivity index (χ4n) is 2.60.